The minimum absolute atomic E-state index is 0.0903. The Morgan fingerprint density at radius 1 is 0.459 bits per heavy atom. The molecule has 0 aromatic carbocycles. The van der Waals surface area contributed by atoms with Crippen LogP contribution in [0.4, 0.5) is 0 Å². The van der Waals surface area contributed by atoms with Gasteiger partial charge in [0.1, 0.15) is 0 Å². The zero-order chi connectivity index (χ0) is 47.0. The minimum atomic E-state index is 0.0903. The van der Waals surface area contributed by atoms with E-state index in [-0.39, 0.29) is 5.60 Å². The highest BCUT2D eigenvalue weighted by molar-refractivity contribution is 5.11. The van der Waals surface area contributed by atoms with Crippen LogP contribution < -0.4 is 0 Å². The summed E-state index contributed by atoms with van der Waals surface area (Å²) in [6.07, 6.45) is 15.1. The first-order valence-electron chi connectivity index (χ1n) is 25.2. The van der Waals surface area contributed by atoms with Crippen LogP contribution in [-0.4, -0.2) is 58.0 Å². The van der Waals surface area contributed by atoms with Gasteiger partial charge in [-0.15, -0.1) is 0 Å². The highest BCUT2D eigenvalue weighted by Crippen LogP contribution is 2.62. The fourth-order valence-electron chi connectivity index (χ4n) is 7.71. The lowest BCUT2D eigenvalue weighted by Gasteiger charge is -2.45. The van der Waals surface area contributed by atoms with Crippen molar-refractivity contribution in [3.63, 3.8) is 0 Å². The van der Waals surface area contributed by atoms with E-state index in [0.29, 0.717) is 33.2 Å². The topological polar surface area (TPSA) is 46.2 Å². The number of ether oxygens (including phenoxy) is 5. The predicted octanol–water partition coefficient (Wildman–Crippen LogP) is 16.5. The van der Waals surface area contributed by atoms with Gasteiger partial charge in [-0.05, 0) is 168 Å². The maximum atomic E-state index is 5.56. The molecule has 5 heterocycles. The molecule has 3 saturated heterocycles. The average Bonchev–Trinajstić information content (AvgIpc) is 3.64. The quantitative estimate of drug-likeness (QED) is 0.227. The first-order valence-corrected chi connectivity index (χ1v) is 25.2. The fourth-order valence-corrected chi connectivity index (χ4v) is 7.71. The second-order valence-corrected chi connectivity index (χ2v) is 24.6. The van der Waals surface area contributed by atoms with Gasteiger partial charge in [-0.25, -0.2) is 0 Å². The van der Waals surface area contributed by atoms with Crippen molar-refractivity contribution in [2.45, 2.75) is 235 Å². The van der Waals surface area contributed by atoms with Crippen LogP contribution in [-0.2, 0) is 23.7 Å². The van der Waals surface area contributed by atoms with Crippen molar-refractivity contribution in [3.05, 3.63) is 22.5 Å². The van der Waals surface area contributed by atoms with E-state index < -0.39 is 0 Å². The zero-order valence-electron chi connectivity index (χ0n) is 45.2. The van der Waals surface area contributed by atoms with Crippen molar-refractivity contribution in [2.75, 3.05) is 46.2 Å². The van der Waals surface area contributed by atoms with Gasteiger partial charge >= 0.3 is 0 Å². The standard InChI is InChI=1S/C10H20.C8H16O.C7H14O.C7H12O.C7H14.C6H12O.C6H10O.C5H10/c1-9(2)7-5-6-8-10(9,3)4;1-7(2)5-6-9-8(7,3)4;2*1-6-3-4-8-5-7(6)2;1-6(2)5-7(6,3)4;2*1-5-3-4-7-6(5)2;1-4-3-5(4)2/h5-8H2,1-4H3;5-6H2,1-4H3;6-7H,3-5H2,1-2H3;3-5H2,1-2H3;5H2,1-4H3;5-6H,3-4H2,1-2H3;3-4H2,1-2H3;4-5H,3H2,1-2H3. The summed E-state index contributed by atoms with van der Waals surface area (Å²) in [4.78, 5) is 0. The zero-order valence-corrected chi connectivity index (χ0v) is 45.2. The van der Waals surface area contributed by atoms with Crippen molar-refractivity contribution in [1.82, 2.24) is 0 Å². The lowest BCUT2D eigenvalue weighted by Crippen LogP contribution is -2.35. The van der Waals surface area contributed by atoms with E-state index in [2.05, 4.69) is 145 Å². The van der Waals surface area contributed by atoms with Gasteiger partial charge in [0.25, 0.3) is 0 Å². The molecule has 6 fully saturated rings. The molecule has 5 aliphatic heterocycles. The van der Waals surface area contributed by atoms with E-state index in [1.54, 1.807) is 0 Å². The molecule has 5 heteroatoms. The van der Waals surface area contributed by atoms with E-state index >= 15 is 0 Å². The molecular weight excluding hydrogens is 753 g/mol. The molecule has 0 spiro atoms. The Kier molecular flexibility index (Phi) is 24.5. The van der Waals surface area contributed by atoms with E-state index in [4.69, 9.17) is 23.7 Å². The molecule has 0 radical (unpaired) electrons. The van der Waals surface area contributed by atoms with E-state index in [1.807, 2.05) is 6.92 Å². The Hall–Kier alpha value is -0.880. The van der Waals surface area contributed by atoms with Gasteiger partial charge in [-0.1, -0.05) is 122 Å². The molecule has 362 valence electrons. The summed E-state index contributed by atoms with van der Waals surface area (Å²) in [6.45, 7) is 56.3. The van der Waals surface area contributed by atoms with Gasteiger partial charge in [-0.2, -0.15) is 0 Å². The maximum Gasteiger partial charge on any atom is 0.0919 e. The first kappa shape index (κ1) is 58.1. The van der Waals surface area contributed by atoms with Gasteiger partial charge < -0.3 is 23.7 Å². The molecule has 3 saturated carbocycles. The molecule has 8 rings (SSSR count). The first-order chi connectivity index (χ1) is 27.9. The van der Waals surface area contributed by atoms with Gasteiger partial charge in [0.2, 0.25) is 0 Å². The van der Waals surface area contributed by atoms with Crippen LogP contribution in [0.25, 0.3) is 0 Å². The molecule has 0 bridgehead atoms. The van der Waals surface area contributed by atoms with Gasteiger partial charge in [-0.3, -0.25) is 0 Å². The van der Waals surface area contributed by atoms with E-state index in [9.17, 15) is 0 Å². The van der Waals surface area contributed by atoms with E-state index in [0.717, 1.165) is 94.4 Å². The molecule has 6 atom stereocenters. The van der Waals surface area contributed by atoms with Crippen LogP contribution in [0.1, 0.15) is 223 Å². The molecule has 0 aromatic rings. The third kappa shape index (κ3) is 21.3. The van der Waals surface area contributed by atoms with Gasteiger partial charge in [0.15, 0.2) is 0 Å². The van der Waals surface area contributed by atoms with Crippen LogP contribution in [0.3, 0.4) is 0 Å². The number of rotatable bonds is 0. The van der Waals surface area contributed by atoms with Crippen molar-refractivity contribution >= 4 is 0 Å². The highest BCUT2D eigenvalue weighted by Gasteiger charge is 2.53. The Morgan fingerprint density at radius 2 is 0.951 bits per heavy atom. The van der Waals surface area contributed by atoms with Crippen molar-refractivity contribution in [2.24, 2.45) is 56.7 Å². The summed E-state index contributed by atoms with van der Waals surface area (Å²) in [6, 6.07) is 0. The Morgan fingerprint density at radius 3 is 1.13 bits per heavy atom. The smallest absolute Gasteiger partial charge is 0.0919 e. The molecule has 0 N–H and O–H groups in total. The molecule has 61 heavy (non-hydrogen) atoms. The molecule has 8 aliphatic rings. The summed E-state index contributed by atoms with van der Waals surface area (Å²) in [7, 11) is 0. The largest absolute Gasteiger partial charge is 0.498 e. The van der Waals surface area contributed by atoms with Gasteiger partial charge in [0.05, 0.1) is 37.3 Å². The second kappa shape index (κ2) is 25.7. The lowest BCUT2D eigenvalue weighted by atomic mass is 9.60. The van der Waals surface area contributed by atoms with E-state index in [1.165, 1.54) is 74.5 Å². The predicted molar refractivity (Wildman–Crippen MR) is 265 cm³/mol. The van der Waals surface area contributed by atoms with Crippen molar-refractivity contribution in [3.8, 4) is 0 Å². The lowest BCUT2D eigenvalue weighted by molar-refractivity contribution is -0.0182. The molecular formula is C56H108O5. The summed E-state index contributed by atoms with van der Waals surface area (Å²) in [5, 5.41) is 0. The van der Waals surface area contributed by atoms with Crippen LogP contribution in [0.2, 0.25) is 0 Å². The van der Waals surface area contributed by atoms with Crippen LogP contribution >= 0.6 is 0 Å². The molecule has 0 aromatic heterocycles. The Balaban J connectivity index is 0.000000351. The Labute approximate surface area is 382 Å². The van der Waals surface area contributed by atoms with Crippen LogP contribution in [0, 0.1) is 56.7 Å². The SMILES string of the molecule is CC1(C)CC1(C)C.CC1(C)CCCCC1(C)C.CC1(C)CCOC1(C)C.CC1=C(C)COCC1.CC1=C(C)OCC1.CC1CC1C.CC1CCOC1C.CC1CCOCC1C. The molecule has 5 nitrogen and oxygen atoms in total. The monoisotopic (exact) mass is 861 g/mol. The highest BCUT2D eigenvalue weighted by atomic mass is 16.5. The van der Waals surface area contributed by atoms with Crippen LogP contribution in [0.15, 0.2) is 22.5 Å². The summed E-state index contributed by atoms with van der Waals surface area (Å²) >= 11 is 0. The third-order valence-corrected chi connectivity index (χ3v) is 17.5. The van der Waals surface area contributed by atoms with Crippen molar-refractivity contribution in [1.29, 1.82) is 0 Å². The average molecular weight is 861 g/mol. The molecule has 3 aliphatic carbocycles. The second-order valence-electron chi connectivity index (χ2n) is 24.6. The molecule has 0 amide bonds. The third-order valence-electron chi connectivity index (χ3n) is 17.5. The summed E-state index contributed by atoms with van der Waals surface area (Å²) in [5.41, 5.74) is 7.23. The minimum Gasteiger partial charge on any atom is -0.498 e. The van der Waals surface area contributed by atoms with Crippen molar-refractivity contribution < 1.29 is 23.7 Å². The number of hydrogen-bond donors (Lipinski definition) is 0. The number of allylic oxidation sites excluding steroid dienone is 1. The molecule has 6 unspecified atom stereocenters. The maximum absolute atomic E-state index is 5.56. The Bertz CT molecular complexity index is 1210. The summed E-state index contributed by atoms with van der Waals surface area (Å²) in [5.74, 6) is 5.68. The van der Waals surface area contributed by atoms with Crippen LogP contribution in [0.5, 0.6) is 0 Å². The fraction of sp³-hybridized carbons (Fsp3) is 0.929. The normalized spacial score (nSPS) is 32.4. The van der Waals surface area contributed by atoms with Gasteiger partial charge in [0, 0.05) is 32.8 Å². The number of hydrogen-bond acceptors (Lipinski definition) is 5. The summed E-state index contributed by atoms with van der Waals surface area (Å²) < 4.78 is 26.4.